The number of β-amino-alcohol motifs (C(OH)–C–C–N with tert-alkyl or cyclic N) is 1. The van der Waals surface area contributed by atoms with Gasteiger partial charge in [0.05, 0.1) is 12.6 Å². The van der Waals surface area contributed by atoms with Crippen LogP contribution < -0.4 is 5.32 Å². The molecule has 0 saturated carbocycles. The van der Waals surface area contributed by atoms with Gasteiger partial charge >= 0.3 is 0 Å². The van der Waals surface area contributed by atoms with Crippen molar-refractivity contribution in [3.05, 3.63) is 35.6 Å². The molecule has 0 aliphatic carbocycles. The fraction of sp³-hybridized carbons (Fsp3) is 0.500. The summed E-state index contributed by atoms with van der Waals surface area (Å²) in [4.78, 5) is 6.58. The van der Waals surface area contributed by atoms with Crippen LogP contribution in [0.2, 0.25) is 0 Å². The number of nitrogens with zero attached hydrogens (tertiary/aromatic N) is 2. The van der Waals surface area contributed by atoms with E-state index in [4.69, 9.17) is 0 Å². The van der Waals surface area contributed by atoms with E-state index in [0.29, 0.717) is 13.1 Å². The molecule has 0 spiro atoms. The molecule has 104 valence electrons. The molecule has 1 aromatic carbocycles. The summed E-state index contributed by atoms with van der Waals surface area (Å²) in [5, 5.41) is 12.8. The molecule has 1 aliphatic rings. The molecule has 4 nitrogen and oxygen atoms in total. The van der Waals surface area contributed by atoms with Gasteiger partial charge in [-0.25, -0.2) is 9.38 Å². The Morgan fingerprint density at radius 1 is 1.47 bits per heavy atom. The number of aliphatic imine (C=N–C) groups is 1. The molecule has 5 heteroatoms. The topological polar surface area (TPSA) is 47.9 Å². The van der Waals surface area contributed by atoms with Gasteiger partial charge in [0.15, 0.2) is 5.96 Å². The van der Waals surface area contributed by atoms with E-state index in [0.717, 1.165) is 31.0 Å². The van der Waals surface area contributed by atoms with E-state index in [2.05, 4.69) is 15.2 Å². The summed E-state index contributed by atoms with van der Waals surface area (Å²) in [6, 6.07) is 6.36. The van der Waals surface area contributed by atoms with Gasteiger partial charge in [-0.1, -0.05) is 12.1 Å². The van der Waals surface area contributed by atoms with Crippen molar-refractivity contribution in [2.24, 2.45) is 4.99 Å². The highest BCUT2D eigenvalue weighted by atomic mass is 19.1. The van der Waals surface area contributed by atoms with Crippen molar-refractivity contribution in [3.63, 3.8) is 0 Å². The minimum atomic E-state index is -0.269. The highest BCUT2D eigenvalue weighted by Crippen LogP contribution is 2.10. The third-order valence-electron chi connectivity index (χ3n) is 3.12. The Kier molecular flexibility index (Phi) is 4.74. The summed E-state index contributed by atoms with van der Waals surface area (Å²) in [6.45, 7) is 4.75. The molecule has 0 unspecified atom stereocenters. The highest BCUT2D eigenvalue weighted by Gasteiger charge is 2.22. The Labute approximate surface area is 113 Å². The van der Waals surface area contributed by atoms with Crippen LogP contribution in [0.15, 0.2) is 29.3 Å². The minimum Gasteiger partial charge on any atom is -0.391 e. The first-order valence-electron chi connectivity index (χ1n) is 6.65. The van der Waals surface area contributed by atoms with Crippen molar-refractivity contribution in [1.82, 2.24) is 10.2 Å². The second kappa shape index (κ2) is 6.52. The van der Waals surface area contributed by atoms with E-state index >= 15 is 0 Å². The van der Waals surface area contributed by atoms with E-state index in [1.807, 2.05) is 6.92 Å². The van der Waals surface area contributed by atoms with Gasteiger partial charge in [0.2, 0.25) is 0 Å². The summed E-state index contributed by atoms with van der Waals surface area (Å²) < 4.78 is 12.8. The molecule has 0 aromatic heterocycles. The number of rotatable bonds is 3. The fourth-order valence-electron chi connectivity index (χ4n) is 2.12. The minimum absolute atomic E-state index is 0.234. The second-order valence-corrected chi connectivity index (χ2v) is 4.69. The van der Waals surface area contributed by atoms with Gasteiger partial charge in [-0.05, 0) is 31.0 Å². The molecule has 0 amide bonds. The SMILES string of the molecule is CCNC(=NCc1ccc(F)cc1)N1CC[C@@H](O)C1. The first kappa shape index (κ1) is 13.8. The van der Waals surface area contributed by atoms with Crippen LogP contribution in [-0.2, 0) is 6.54 Å². The number of likely N-dealkylation sites (tertiary alicyclic amines) is 1. The lowest BCUT2D eigenvalue weighted by atomic mass is 10.2. The van der Waals surface area contributed by atoms with Crippen LogP contribution >= 0.6 is 0 Å². The van der Waals surface area contributed by atoms with Crippen LogP contribution in [0.4, 0.5) is 4.39 Å². The molecule has 0 bridgehead atoms. The van der Waals surface area contributed by atoms with Crippen LogP contribution in [0.3, 0.4) is 0 Å². The number of nitrogens with one attached hydrogen (secondary N) is 1. The monoisotopic (exact) mass is 265 g/mol. The fourth-order valence-corrected chi connectivity index (χ4v) is 2.12. The number of guanidine groups is 1. The average Bonchev–Trinajstić information content (AvgIpc) is 2.83. The lowest BCUT2D eigenvalue weighted by Gasteiger charge is -2.20. The summed E-state index contributed by atoms with van der Waals surface area (Å²) in [6.07, 6.45) is 0.510. The molecule has 2 N–H and O–H groups in total. The molecule has 1 aromatic rings. The normalized spacial score (nSPS) is 19.8. The molecule has 1 aliphatic heterocycles. The van der Waals surface area contributed by atoms with Crippen molar-refractivity contribution < 1.29 is 9.50 Å². The Balaban J connectivity index is 2.01. The van der Waals surface area contributed by atoms with Crippen LogP contribution in [-0.4, -0.2) is 41.7 Å². The largest absolute Gasteiger partial charge is 0.391 e. The van der Waals surface area contributed by atoms with Crippen LogP contribution in [0, 0.1) is 5.82 Å². The molecule has 1 heterocycles. The lowest BCUT2D eigenvalue weighted by molar-refractivity contribution is 0.188. The van der Waals surface area contributed by atoms with Gasteiger partial charge in [0.25, 0.3) is 0 Å². The number of benzene rings is 1. The number of halogens is 1. The predicted octanol–water partition coefficient (Wildman–Crippen LogP) is 1.36. The molecule has 2 rings (SSSR count). The number of hydrogen-bond donors (Lipinski definition) is 2. The zero-order valence-electron chi connectivity index (χ0n) is 11.1. The maximum Gasteiger partial charge on any atom is 0.194 e. The Hall–Kier alpha value is -1.62. The molecule has 1 atom stereocenters. The maximum atomic E-state index is 12.8. The maximum absolute atomic E-state index is 12.8. The zero-order valence-corrected chi connectivity index (χ0v) is 11.1. The van der Waals surface area contributed by atoms with Crippen molar-refractivity contribution in [2.45, 2.75) is 26.0 Å². The molecule has 0 radical (unpaired) electrons. The van der Waals surface area contributed by atoms with E-state index in [1.54, 1.807) is 12.1 Å². The second-order valence-electron chi connectivity index (χ2n) is 4.69. The Morgan fingerprint density at radius 3 is 2.79 bits per heavy atom. The molecular formula is C14H20FN3O. The smallest absolute Gasteiger partial charge is 0.194 e. The van der Waals surface area contributed by atoms with Crippen LogP contribution in [0.25, 0.3) is 0 Å². The Bertz CT molecular complexity index is 433. The van der Waals surface area contributed by atoms with E-state index < -0.39 is 0 Å². The zero-order chi connectivity index (χ0) is 13.7. The number of aliphatic hydroxyl groups excluding tert-OH is 1. The van der Waals surface area contributed by atoms with Gasteiger partial charge in [0, 0.05) is 19.6 Å². The molecule has 1 fully saturated rings. The van der Waals surface area contributed by atoms with E-state index in [1.165, 1.54) is 12.1 Å². The van der Waals surface area contributed by atoms with Crippen molar-refractivity contribution >= 4 is 5.96 Å². The van der Waals surface area contributed by atoms with Gasteiger partial charge in [-0.2, -0.15) is 0 Å². The van der Waals surface area contributed by atoms with Gasteiger partial charge in [0.1, 0.15) is 5.82 Å². The van der Waals surface area contributed by atoms with Crippen molar-refractivity contribution in [2.75, 3.05) is 19.6 Å². The van der Waals surface area contributed by atoms with E-state index in [9.17, 15) is 9.50 Å². The van der Waals surface area contributed by atoms with Crippen LogP contribution in [0.5, 0.6) is 0 Å². The molecular weight excluding hydrogens is 245 g/mol. The van der Waals surface area contributed by atoms with E-state index in [-0.39, 0.29) is 11.9 Å². The first-order valence-corrected chi connectivity index (χ1v) is 6.65. The summed E-state index contributed by atoms with van der Waals surface area (Å²) in [7, 11) is 0. The average molecular weight is 265 g/mol. The van der Waals surface area contributed by atoms with Gasteiger partial charge in [-0.3, -0.25) is 0 Å². The quantitative estimate of drug-likeness (QED) is 0.641. The molecule has 1 saturated heterocycles. The third-order valence-corrected chi connectivity index (χ3v) is 3.12. The predicted molar refractivity (Wildman–Crippen MR) is 73.4 cm³/mol. The lowest BCUT2D eigenvalue weighted by Crippen LogP contribution is -2.40. The van der Waals surface area contributed by atoms with Crippen LogP contribution in [0.1, 0.15) is 18.9 Å². The van der Waals surface area contributed by atoms with Gasteiger partial charge in [-0.15, -0.1) is 0 Å². The Morgan fingerprint density at radius 2 is 2.21 bits per heavy atom. The molecule has 19 heavy (non-hydrogen) atoms. The third kappa shape index (κ3) is 3.92. The van der Waals surface area contributed by atoms with Crippen molar-refractivity contribution in [3.8, 4) is 0 Å². The standard InChI is InChI=1S/C14H20FN3O/c1-2-16-14(18-8-7-13(19)10-18)17-9-11-3-5-12(15)6-4-11/h3-6,13,19H,2,7-10H2,1H3,(H,16,17)/t13-/m1/s1. The number of hydrogen-bond acceptors (Lipinski definition) is 2. The summed E-state index contributed by atoms with van der Waals surface area (Å²) in [5.74, 6) is 0.575. The van der Waals surface area contributed by atoms with Gasteiger partial charge < -0.3 is 15.3 Å². The summed E-state index contributed by atoms with van der Waals surface area (Å²) >= 11 is 0. The summed E-state index contributed by atoms with van der Waals surface area (Å²) in [5.41, 5.74) is 0.969. The number of aliphatic hydroxyl groups is 1. The first-order chi connectivity index (χ1) is 9.19. The van der Waals surface area contributed by atoms with Crippen molar-refractivity contribution in [1.29, 1.82) is 0 Å². The highest BCUT2D eigenvalue weighted by molar-refractivity contribution is 5.80.